The maximum atomic E-state index is 11.8. The first-order chi connectivity index (χ1) is 14.5. The maximum absolute atomic E-state index is 11.8. The number of unbranched alkanes of at least 4 members (excludes halogenated alkanes) is 17. The van der Waals surface area contributed by atoms with E-state index in [2.05, 4.69) is 6.92 Å². The molecule has 6 heteroatoms. The van der Waals surface area contributed by atoms with Crippen LogP contribution in [-0.4, -0.2) is 52.4 Å². The molecule has 0 amide bonds. The van der Waals surface area contributed by atoms with Crippen molar-refractivity contribution in [1.29, 1.82) is 0 Å². The third-order valence-electron chi connectivity index (χ3n) is 6.20. The van der Waals surface area contributed by atoms with Crippen LogP contribution in [-0.2, 0) is 4.57 Å². The zero-order chi connectivity index (χ0) is 23.6. The summed E-state index contributed by atoms with van der Waals surface area (Å²) in [6.45, 7) is 2.34. The van der Waals surface area contributed by atoms with E-state index < -0.39 is 12.9 Å². The molecular weight excluding hydrogens is 409 g/mol. The quantitative estimate of drug-likeness (QED) is 0.0916. The molecule has 3 N–H and O–H groups in total. The summed E-state index contributed by atoms with van der Waals surface area (Å²) in [5, 5.41) is 8.64. The Morgan fingerprint density at radius 3 is 1.16 bits per heavy atom. The number of likely N-dealkylation sites (N-methyl/N-ethyl adjacent to an activating group) is 1. The lowest BCUT2D eigenvalue weighted by Crippen LogP contribution is -2.49. The van der Waals surface area contributed by atoms with Gasteiger partial charge in [-0.2, -0.15) is 0 Å². The summed E-state index contributed by atoms with van der Waals surface area (Å²) < 4.78 is 12.1. The van der Waals surface area contributed by atoms with Crippen molar-refractivity contribution in [3.63, 3.8) is 0 Å². The largest absolute Gasteiger partial charge is 0.373 e. The molecule has 31 heavy (non-hydrogen) atoms. The van der Waals surface area contributed by atoms with Crippen LogP contribution in [0, 0.1) is 0 Å². The van der Waals surface area contributed by atoms with Crippen molar-refractivity contribution in [2.24, 2.45) is 0 Å². The van der Waals surface area contributed by atoms with E-state index in [0.29, 0.717) is 10.9 Å². The van der Waals surface area contributed by atoms with Crippen LogP contribution in [0.2, 0.25) is 0 Å². The zero-order valence-corrected chi connectivity index (χ0v) is 22.2. The van der Waals surface area contributed by atoms with E-state index in [4.69, 9.17) is 0 Å². The minimum Gasteiger partial charge on any atom is -0.373 e. The molecule has 0 aromatic carbocycles. The van der Waals surface area contributed by atoms with Crippen molar-refractivity contribution in [2.75, 3.05) is 27.7 Å². The van der Waals surface area contributed by atoms with Crippen LogP contribution in [0.1, 0.15) is 129 Å². The molecule has 0 spiro atoms. The van der Waals surface area contributed by atoms with Crippen LogP contribution in [0.3, 0.4) is 0 Å². The van der Waals surface area contributed by atoms with Crippen molar-refractivity contribution in [1.82, 2.24) is 0 Å². The van der Waals surface area contributed by atoms with Crippen LogP contribution in [0.25, 0.3) is 0 Å². The molecule has 0 fully saturated rings. The van der Waals surface area contributed by atoms with Crippen LogP contribution in [0.15, 0.2) is 0 Å². The van der Waals surface area contributed by atoms with Crippen LogP contribution < -0.4 is 0 Å². The summed E-state index contributed by atoms with van der Waals surface area (Å²) in [6.07, 6.45) is 23.3. The molecule has 0 bridgehead atoms. The average molecular weight is 465 g/mol. The molecule has 1 atom stereocenters. The predicted molar refractivity (Wildman–Crippen MR) is 133 cm³/mol. The van der Waals surface area contributed by atoms with Gasteiger partial charge in [-0.25, -0.2) is 0 Å². The second kappa shape index (κ2) is 17.5. The number of hydrogen-bond acceptors (Lipinski definition) is 2. The Labute approximate surface area is 193 Å². The third kappa shape index (κ3) is 18.2. The summed E-state index contributed by atoms with van der Waals surface area (Å²) in [5.74, 6) is 0. The van der Waals surface area contributed by atoms with Gasteiger partial charge in [-0.15, -0.1) is 0 Å². The molecule has 0 radical (unpaired) electrons. The van der Waals surface area contributed by atoms with Gasteiger partial charge in [-0.1, -0.05) is 116 Å². The second-order valence-electron chi connectivity index (χ2n) is 10.7. The molecule has 188 valence electrons. The van der Waals surface area contributed by atoms with Crippen molar-refractivity contribution >= 4 is 7.60 Å². The Bertz CT molecular complexity index is 461. The van der Waals surface area contributed by atoms with E-state index in [1.807, 2.05) is 21.1 Å². The Morgan fingerprint density at radius 2 is 0.903 bits per heavy atom. The highest BCUT2D eigenvalue weighted by molar-refractivity contribution is 7.53. The first kappa shape index (κ1) is 31.1. The maximum Gasteiger partial charge on any atom is 0.362 e. The average Bonchev–Trinajstić information content (AvgIpc) is 2.65. The highest BCUT2D eigenvalue weighted by Crippen LogP contribution is 2.52. The minimum absolute atomic E-state index is 0.0657. The van der Waals surface area contributed by atoms with Gasteiger partial charge in [0, 0.05) is 0 Å². The topological polar surface area (TPSA) is 77.8 Å². The lowest BCUT2D eigenvalue weighted by atomic mass is 10.0. The first-order valence-electron chi connectivity index (χ1n) is 13.1. The second-order valence-corrected chi connectivity index (χ2v) is 12.7. The molecule has 1 unspecified atom stereocenters. The SMILES string of the molecule is CCCCCCCCCCCCCCCCCCCCC(O)(C[N+](C)(C)C)P(=O)(O)O. The molecule has 5 nitrogen and oxygen atoms in total. The molecule has 0 aliphatic rings. The molecule has 0 aromatic heterocycles. The Kier molecular flexibility index (Phi) is 17.6. The monoisotopic (exact) mass is 464 g/mol. The summed E-state index contributed by atoms with van der Waals surface area (Å²) in [4.78, 5) is 19.2. The molecule has 0 aliphatic carbocycles. The molecule has 0 aromatic rings. The smallest absolute Gasteiger partial charge is 0.362 e. The van der Waals surface area contributed by atoms with Gasteiger partial charge in [0.2, 0.25) is 5.34 Å². The van der Waals surface area contributed by atoms with Crippen molar-refractivity contribution in [3.05, 3.63) is 0 Å². The fraction of sp³-hybridized carbons (Fsp3) is 1.00. The van der Waals surface area contributed by atoms with E-state index in [1.54, 1.807) is 0 Å². The Hall–Kier alpha value is 0.0700. The number of hydrogen-bond donors (Lipinski definition) is 3. The fourth-order valence-electron chi connectivity index (χ4n) is 4.39. The van der Waals surface area contributed by atoms with E-state index >= 15 is 0 Å². The van der Waals surface area contributed by atoms with Crippen LogP contribution in [0.4, 0.5) is 0 Å². The number of quaternary nitrogens is 1. The lowest BCUT2D eigenvalue weighted by molar-refractivity contribution is -0.875. The normalized spacial score (nSPS) is 14.7. The summed E-state index contributed by atoms with van der Waals surface area (Å²) in [5.41, 5.74) is 0. The standard InChI is InChI=1S/C25H54NO4P/c1-5-6-7-8-9-10-11-12-13-14-15-16-17-18-19-20-21-22-23-25(27,31(28,29)30)24-26(2,3)4/h27H,5-24H2,1-4H3,(H-,28,29,30)/p+1. The van der Waals surface area contributed by atoms with Crippen LogP contribution in [0.5, 0.6) is 0 Å². The van der Waals surface area contributed by atoms with Gasteiger partial charge in [0.25, 0.3) is 0 Å². The third-order valence-corrected chi connectivity index (χ3v) is 7.65. The summed E-state index contributed by atoms with van der Waals surface area (Å²) in [6, 6.07) is 0. The zero-order valence-electron chi connectivity index (χ0n) is 21.3. The molecule has 0 saturated carbocycles. The highest BCUT2D eigenvalue weighted by atomic mass is 31.2. The van der Waals surface area contributed by atoms with Gasteiger partial charge >= 0.3 is 7.60 Å². The van der Waals surface area contributed by atoms with Gasteiger partial charge < -0.3 is 19.4 Å². The highest BCUT2D eigenvalue weighted by Gasteiger charge is 2.48. The van der Waals surface area contributed by atoms with Crippen molar-refractivity contribution < 1.29 is 23.9 Å². The molecular formula is C25H55NO4P+. The Morgan fingerprint density at radius 1 is 0.613 bits per heavy atom. The van der Waals surface area contributed by atoms with Gasteiger partial charge in [0.05, 0.1) is 21.1 Å². The minimum atomic E-state index is -4.54. The van der Waals surface area contributed by atoms with Crippen molar-refractivity contribution in [3.8, 4) is 0 Å². The van der Waals surface area contributed by atoms with E-state index in [-0.39, 0.29) is 13.0 Å². The number of nitrogens with zero attached hydrogens (tertiary/aromatic N) is 1. The summed E-state index contributed by atoms with van der Waals surface area (Å²) >= 11 is 0. The lowest BCUT2D eigenvalue weighted by Gasteiger charge is -2.35. The summed E-state index contributed by atoms with van der Waals surface area (Å²) in [7, 11) is 0.994. The van der Waals surface area contributed by atoms with Gasteiger partial charge in [0.15, 0.2) is 0 Å². The molecule has 0 heterocycles. The molecule has 0 rings (SSSR count). The van der Waals surface area contributed by atoms with Crippen molar-refractivity contribution in [2.45, 2.75) is 134 Å². The predicted octanol–water partition coefficient (Wildman–Crippen LogP) is 6.99. The van der Waals surface area contributed by atoms with Gasteiger partial charge in [-0.05, 0) is 12.8 Å². The molecule has 0 aliphatic heterocycles. The Balaban J connectivity index is 3.54. The molecule has 0 saturated heterocycles. The van der Waals surface area contributed by atoms with E-state index in [0.717, 1.165) is 12.8 Å². The van der Waals surface area contributed by atoms with Crippen LogP contribution >= 0.6 is 7.60 Å². The number of rotatable bonds is 22. The van der Waals surface area contributed by atoms with E-state index in [9.17, 15) is 19.5 Å². The van der Waals surface area contributed by atoms with E-state index in [1.165, 1.54) is 96.3 Å². The number of aliphatic hydroxyl groups is 1. The van der Waals surface area contributed by atoms with Gasteiger partial charge in [-0.3, -0.25) is 4.57 Å². The van der Waals surface area contributed by atoms with Gasteiger partial charge in [0.1, 0.15) is 6.54 Å². The fourth-order valence-corrected chi connectivity index (χ4v) is 5.44. The first-order valence-corrected chi connectivity index (χ1v) is 14.7.